The zero-order valence-electron chi connectivity index (χ0n) is 10.6. The number of hydrogen-bond donors (Lipinski definition) is 2. The van der Waals surface area contributed by atoms with E-state index in [-0.39, 0.29) is 17.9 Å². The first-order chi connectivity index (χ1) is 8.49. The van der Waals surface area contributed by atoms with Gasteiger partial charge in [-0.25, -0.2) is 4.79 Å². The molecule has 0 aromatic carbocycles. The fraction of sp³-hybridized carbons (Fsp3) is 0.750. The number of nitriles is 1. The fourth-order valence-electron chi connectivity index (χ4n) is 2.13. The maximum atomic E-state index is 11.7. The molecule has 0 spiro atoms. The fourth-order valence-corrected chi connectivity index (χ4v) is 2.13. The standard InChI is InChI=1S/C12H19N3O3/c1-15(7-3-6-13)11(18)14-9-12(4-2-5-12)8-10(16)17/h2-5,7-9H2,1H3,(H,14,18)(H,16,17). The van der Waals surface area contributed by atoms with Crippen LogP contribution >= 0.6 is 0 Å². The molecule has 100 valence electrons. The van der Waals surface area contributed by atoms with E-state index in [1.807, 2.05) is 6.07 Å². The predicted octanol–water partition coefficient (Wildman–Crippen LogP) is 1.19. The molecule has 1 aliphatic rings. The first-order valence-corrected chi connectivity index (χ1v) is 6.07. The van der Waals surface area contributed by atoms with Gasteiger partial charge in [0.1, 0.15) is 0 Å². The van der Waals surface area contributed by atoms with Crippen LogP contribution in [0.4, 0.5) is 4.79 Å². The lowest BCUT2D eigenvalue weighted by molar-refractivity contribution is -0.141. The molecule has 0 saturated heterocycles. The van der Waals surface area contributed by atoms with Crippen LogP contribution in [0.3, 0.4) is 0 Å². The molecule has 0 bridgehead atoms. The van der Waals surface area contributed by atoms with Gasteiger partial charge in [0.2, 0.25) is 0 Å². The maximum Gasteiger partial charge on any atom is 0.317 e. The lowest BCUT2D eigenvalue weighted by Crippen LogP contribution is -2.47. The van der Waals surface area contributed by atoms with Gasteiger partial charge < -0.3 is 15.3 Å². The Bertz CT molecular complexity index is 358. The Morgan fingerprint density at radius 1 is 1.50 bits per heavy atom. The maximum absolute atomic E-state index is 11.7. The third-order valence-electron chi connectivity index (χ3n) is 3.46. The third kappa shape index (κ3) is 3.91. The number of carbonyl (C=O) groups is 2. The van der Waals surface area contributed by atoms with E-state index in [0.29, 0.717) is 19.5 Å². The van der Waals surface area contributed by atoms with Gasteiger partial charge in [0, 0.05) is 20.1 Å². The molecular formula is C12H19N3O3. The van der Waals surface area contributed by atoms with Crippen molar-refractivity contribution in [1.82, 2.24) is 10.2 Å². The number of aliphatic carboxylic acids is 1. The number of nitrogens with zero attached hydrogens (tertiary/aromatic N) is 2. The van der Waals surface area contributed by atoms with E-state index >= 15 is 0 Å². The van der Waals surface area contributed by atoms with Crippen molar-refractivity contribution in [2.24, 2.45) is 5.41 Å². The van der Waals surface area contributed by atoms with E-state index in [2.05, 4.69) is 5.32 Å². The van der Waals surface area contributed by atoms with Crippen molar-refractivity contribution in [3.63, 3.8) is 0 Å². The Balaban J connectivity index is 2.36. The van der Waals surface area contributed by atoms with Crippen molar-refractivity contribution in [1.29, 1.82) is 5.26 Å². The van der Waals surface area contributed by atoms with Gasteiger partial charge in [-0.2, -0.15) is 5.26 Å². The minimum atomic E-state index is -0.818. The number of carboxylic acid groups (broad SMARTS) is 1. The van der Waals surface area contributed by atoms with Crippen LogP contribution < -0.4 is 5.32 Å². The molecule has 0 radical (unpaired) electrons. The summed E-state index contributed by atoms with van der Waals surface area (Å²) in [4.78, 5) is 23.9. The lowest BCUT2D eigenvalue weighted by atomic mass is 9.66. The number of carboxylic acids is 1. The summed E-state index contributed by atoms with van der Waals surface area (Å²) in [6, 6.07) is 1.73. The highest BCUT2D eigenvalue weighted by Crippen LogP contribution is 2.43. The molecule has 1 aliphatic carbocycles. The van der Waals surface area contributed by atoms with Crippen molar-refractivity contribution < 1.29 is 14.7 Å². The summed E-state index contributed by atoms with van der Waals surface area (Å²) < 4.78 is 0. The van der Waals surface area contributed by atoms with Crippen molar-refractivity contribution in [2.75, 3.05) is 20.1 Å². The zero-order valence-corrected chi connectivity index (χ0v) is 10.6. The number of nitrogens with one attached hydrogen (secondary N) is 1. The van der Waals surface area contributed by atoms with Gasteiger partial charge in [0.05, 0.1) is 18.9 Å². The highest BCUT2D eigenvalue weighted by Gasteiger charge is 2.39. The van der Waals surface area contributed by atoms with Gasteiger partial charge in [0.25, 0.3) is 0 Å². The molecule has 0 heterocycles. The molecular weight excluding hydrogens is 234 g/mol. The summed E-state index contributed by atoms with van der Waals surface area (Å²) >= 11 is 0. The monoisotopic (exact) mass is 253 g/mol. The van der Waals surface area contributed by atoms with E-state index < -0.39 is 5.97 Å². The van der Waals surface area contributed by atoms with Crippen LogP contribution in [0.25, 0.3) is 0 Å². The number of urea groups is 1. The van der Waals surface area contributed by atoms with Crippen molar-refractivity contribution >= 4 is 12.0 Å². The van der Waals surface area contributed by atoms with Crippen molar-refractivity contribution in [3.8, 4) is 6.07 Å². The molecule has 18 heavy (non-hydrogen) atoms. The summed E-state index contributed by atoms with van der Waals surface area (Å²) in [6.07, 6.45) is 3.12. The average molecular weight is 253 g/mol. The van der Waals surface area contributed by atoms with Crippen LogP contribution in [0.15, 0.2) is 0 Å². The quantitative estimate of drug-likeness (QED) is 0.743. The van der Waals surface area contributed by atoms with Gasteiger partial charge >= 0.3 is 12.0 Å². The van der Waals surface area contributed by atoms with Crippen LogP contribution in [0.1, 0.15) is 32.1 Å². The van der Waals surface area contributed by atoms with Gasteiger partial charge in [-0.1, -0.05) is 6.42 Å². The summed E-state index contributed by atoms with van der Waals surface area (Å²) in [5, 5.41) is 20.0. The van der Waals surface area contributed by atoms with Gasteiger partial charge in [-0.05, 0) is 18.3 Å². The molecule has 2 N–H and O–H groups in total. The molecule has 6 heteroatoms. The Morgan fingerprint density at radius 3 is 2.61 bits per heavy atom. The zero-order chi connectivity index (χ0) is 13.6. The number of hydrogen-bond acceptors (Lipinski definition) is 3. The minimum absolute atomic E-state index is 0.106. The summed E-state index contributed by atoms with van der Waals surface area (Å²) in [5.74, 6) is -0.818. The Hall–Kier alpha value is -1.77. The van der Waals surface area contributed by atoms with Crippen molar-refractivity contribution in [3.05, 3.63) is 0 Å². The second kappa shape index (κ2) is 6.24. The number of rotatable bonds is 6. The van der Waals surface area contributed by atoms with Crippen LogP contribution in [0.5, 0.6) is 0 Å². The summed E-state index contributed by atoms with van der Waals surface area (Å²) in [7, 11) is 1.62. The lowest BCUT2D eigenvalue weighted by Gasteiger charge is -2.41. The average Bonchev–Trinajstić information content (AvgIpc) is 2.28. The topological polar surface area (TPSA) is 93.4 Å². The highest BCUT2D eigenvalue weighted by molar-refractivity contribution is 5.74. The van der Waals surface area contributed by atoms with E-state index in [0.717, 1.165) is 19.3 Å². The first kappa shape index (κ1) is 14.3. The molecule has 0 aromatic rings. The molecule has 1 rings (SSSR count). The van der Waals surface area contributed by atoms with E-state index in [4.69, 9.17) is 10.4 Å². The predicted molar refractivity (Wildman–Crippen MR) is 64.8 cm³/mol. The van der Waals surface area contributed by atoms with Gasteiger partial charge in [0.15, 0.2) is 0 Å². The van der Waals surface area contributed by atoms with Crippen LogP contribution in [-0.4, -0.2) is 42.1 Å². The molecule has 0 unspecified atom stereocenters. The third-order valence-corrected chi connectivity index (χ3v) is 3.46. The van der Waals surface area contributed by atoms with Crippen LogP contribution in [-0.2, 0) is 4.79 Å². The Labute approximate surface area is 107 Å². The number of carbonyl (C=O) groups excluding carboxylic acids is 1. The van der Waals surface area contributed by atoms with Gasteiger partial charge in [-0.3, -0.25) is 4.79 Å². The molecule has 2 amide bonds. The van der Waals surface area contributed by atoms with E-state index in [9.17, 15) is 9.59 Å². The molecule has 0 aromatic heterocycles. The molecule has 1 fully saturated rings. The minimum Gasteiger partial charge on any atom is -0.481 e. The highest BCUT2D eigenvalue weighted by atomic mass is 16.4. The molecule has 6 nitrogen and oxygen atoms in total. The van der Waals surface area contributed by atoms with Crippen LogP contribution in [0.2, 0.25) is 0 Å². The van der Waals surface area contributed by atoms with E-state index in [1.165, 1.54) is 4.90 Å². The largest absolute Gasteiger partial charge is 0.481 e. The second-order valence-electron chi connectivity index (χ2n) is 4.91. The number of amides is 2. The Morgan fingerprint density at radius 2 is 2.17 bits per heavy atom. The smallest absolute Gasteiger partial charge is 0.317 e. The summed E-state index contributed by atoms with van der Waals surface area (Å²) in [6.45, 7) is 0.781. The van der Waals surface area contributed by atoms with Crippen LogP contribution in [0, 0.1) is 16.7 Å². The molecule has 0 aliphatic heterocycles. The second-order valence-corrected chi connectivity index (χ2v) is 4.91. The van der Waals surface area contributed by atoms with Gasteiger partial charge in [-0.15, -0.1) is 0 Å². The first-order valence-electron chi connectivity index (χ1n) is 6.07. The Kier molecular flexibility index (Phi) is 4.95. The normalized spacial score (nSPS) is 16.2. The summed E-state index contributed by atoms with van der Waals surface area (Å²) in [5.41, 5.74) is -0.266. The molecule has 1 saturated carbocycles. The van der Waals surface area contributed by atoms with E-state index in [1.54, 1.807) is 7.05 Å². The SMILES string of the molecule is CN(CCC#N)C(=O)NCC1(CC(=O)O)CCC1. The molecule has 0 atom stereocenters. The van der Waals surface area contributed by atoms with Crippen molar-refractivity contribution in [2.45, 2.75) is 32.1 Å².